The first-order valence-electron chi connectivity index (χ1n) is 17.4. The number of carbonyl (C=O) groups is 3. The number of esters is 3. The van der Waals surface area contributed by atoms with E-state index in [-0.39, 0.29) is 73.8 Å². The summed E-state index contributed by atoms with van der Waals surface area (Å²) in [4.78, 5) is 34.0. The summed E-state index contributed by atoms with van der Waals surface area (Å²) in [6.45, 7) is 5.49. The van der Waals surface area contributed by atoms with Gasteiger partial charge in [0.2, 0.25) is 0 Å². The monoisotopic (exact) mass is 684 g/mol. The molecule has 12 heteroatoms. The number of aliphatic hydroxyl groups is 6. The minimum absolute atomic E-state index is 0.0169. The Balaban J connectivity index is 0.000000360. The van der Waals surface area contributed by atoms with Crippen LogP contribution in [0.15, 0.2) is 36.5 Å². The highest BCUT2D eigenvalue weighted by atomic mass is 16.6. The van der Waals surface area contributed by atoms with Gasteiger partial charge in [0.15, 0.2) is 0 Å². The highest BCUT2D eigenvalue weighted by molar-refractivity contribution is 5.71. The molecule has 0 saturated heterocycles. The highest BCUT2D eigenvalue weighted by Gasteiger charge is 2.17. The standard InChI is InChI=1S/3C12H20O4/c3*1-9-4-2-5-10(13)6-3-7-11(14)8-12(15)16-9/h3*3,7,9-11,13-14H,2,4-6,8H2,1H3/b3*7-3+/t3*9-,10+,11-/m111/s1. The van der Waals surface area contributed by atoms with Crippen molar-refractivity contribution in [1.29, 1.82) is 0 Å². The summed E-state index contributed by atoms with van der Waals surface area (Å²) in [5.41, 5.74) is 0. The summed E-state index contributed by atoms with van der Waals surface area (Å²) in [5.74, 6) is -1.11. The summed E-state index contributed by atoms with van der Waals surface area (Å²) in [5, 5.41) is 57.1. The lowest BCUT2D eigenvalue weighted by molar-refractivity contribution is -0.151. The lowest BCUT2D eigenvalue weighted by Crippen LogP contribution is -2.20. The van der Waals surface area contributed by atoms with Gasteiger partial charge in [-0.25, -0.2) is 0 Å². The minimum Gasteiger partial charge on any atom is -0.463 e. The Kier molecular flexibility index (Phi) is 22.9. The number of hydrogen-bond acceptors (Lipinski definition) is 12. The van der Waals surface area contributed by atoms with Crippen molar-refractivity contribution in [2.24, 2.45) is 0 Å². The Morgan fingerprint density at radius 2 is 0.708 bits per heavy atom. The molecular formula is C36H60O12. The van der Waals surface area contributed by atoms with E-state index in [2.05, 4.69) is 0 Å². The molecule has 0 saturated carbocycles. The number of cyclic esters (lactones) is 3. The van der Waals surface area contributed by atoms with Gasteiger partial charge in [0.05, 0.1) is 74.2 Å². The molecular weight excluding hydrogens is 624 g/mol. The van der Waals surface area contributed by atoms with Crippen LogP contribution in [0.1, 0.15) is 117 Å². The molecule has 0 aromatic carbocycles. The fourth-order valence-electron chi connectivity index (χ4n) is 5.17. The van der Waals surface area contributed by atoms with Crippen LogP contribution >= 0.6 is 0 Å². The second kappa shape index (κ2) is 25.4. The third kappa shape index (κ3) is 23.7. The molecule has 0 aromatic heterocycles. The van der Waals surface area contributed by atoms with Gasteiger partial charge < -0.3 is 44.8 Å². The van der Waals surface area contributed by atoms with E-state index in [0.717, 1.165) is 38.5 Å². The van der Waals surface area contributed by atoms with Gasteiger partial charge in [0.25, 0.3) is 0 Å². The summed E-state index contributed by atoms with van der Waals surface area (Å²) < 4.78 is 15.3. The quantitative estimate of drug-likeness (QED) is 0.124. The van der Waals surface area contributed by atoms with E-state index in [1.165, 1.54) is 18.2 Å². The molecule has 0 spiro atoms. The normalized spacial score (nSPS) is 35.7. The second-order valence-corrected chi connectivity index (χ2v) is 13.0. The fraction of sp³-hybridized carbons (Fsp3) is 0.750. The van der Waals surface area contributed by atoms with Crippen molar-refractivity contribution in [2.45, 2.75) is 172 Å². The molecule has 3 heterocycles. The van der Waals surface area contributed by atoms with Crippen LogP contribution in [0.2, 0.25) is 0 Å². The van der Waals surface area contributed by atoms with Crippen LogP contribution in [0.5, 0.6) is 0 Å². The van der Waals surface area contributed by atoms with Crippen LogP contribution < -0.4 is 0 Å². The lowest BCUT2D eigenvalue weighted by Gasteiger charge is -2.16. The molecule has 9 atom stereocenters. The summed E-state index contributed by atoms with van der Waals surface area (Å²) in [6.07, 6.45) is 14.2. The van der Waals surface area contributed by atoms with Crippen molar-refractivity contribution in [3.8, 4) is 0 Å². The zero-order valence-electron chi connectivity index (χ0n) is 28.9. The molecule has 3 aliphatic heterocycles. The van der Waals surface area contributed by atoms with Crippen molar-refractivity contribution >= 4 is 17.9 Å². The van der Waals surface area contributed by atoms with Crippen molar-refractivity contribution < 1.29 is 59.2 Å². The molecule has 6 N–H and O–H groups in total. The van der Waals surface area contributed by atoms with Crippen molar-refractivity contribution in [3.05, 3.63) is 36.5 Å². The van der Waals surface area contributed by atoms with Gasteiger partial charge in [-0.3, -0.25) is 14.4 Å². The topological polar surface area (TPSA) is 200 Å². The van der Waals surface area contributed by atoms with Gasteiger partial charge in [-0.2, -0.15) is 0 Å². The average Bonchev–Trinajstić information content (AvgIpc) is 2.96. The molecule has 0 aliphatic carbocycles. The molecule has 3 aliphatic rings. The Morgan fingerprint density at radius 1 is 0.458 bits per heavy atom. The second-order valence-electron chi connectivity index (χ2n) is 13.0. The van der Waals surface area contributed by atoms with E-state index in [9.17, 15) is 45.0 Å². The predicted octanol–water partition coefficient (Wildman–Crippen LogP) is 3.48. The van der Waals surface area contributed by atoms with E-state index in [1.807, 2.05) is 20.8 Å². The van der Waals surface area contributed by atoms with Crippen molar-refractivity contribution in [2.75, 3.05) is 0 Å². The third-order valence-electron chi connectivity index (χ3n) is 7.87. The largest absolute Gasteiger partial charge is 0.463 e. The van der Waals surface area contributed by atoms with Crippen LogP contribution in [0.4, 0.5) is 0 Å². The van der Waals surface area contributed by atoms with Gasteiger partial charge in [-0.05, 0) is 97.8 Å². The van der Waals surface area contributed by atoms with Crippen LogP contribution in [0.25, 0.3) is 0 Å². The van der Waals surface area contributed by atoms with Crippen molar-refractivity contribution in [1.82, 2.24) is 0 Å². The first-order valence-corrected chi connectivity index (χ1v) is 17.4. The van der Waals surface area contributed by atoms with Gasteiger partial charge in [-0.15, -0.1) is 0 Å². The number of rotatable bonds is 0. The minimum atomic E-state index is -0.814. The maximum atomic E-state index is 11.3. The predicted molar refractivity (Wildman–Crippen MR) is 179 cm³/mol. The first-order chi connectivity index (χ1) is 22.7. The van der Waals surface area contributed by atoms with Gasteiger partial charge in [-0.1, -0.05) is 36.5 Å². The maximum Gasteiger partial charge on any atom is 0.309 e. The molecule has 3 rings (SSSR count). The van der Waals surface area contributed by atoms with Gasteiger partial charge in [0, 0.05) is 0 Å². The molecule has 0 amide bonds. The van der Waals surface area contributed by atoms with Crippen LogP contribution in [-0.2, 0) is 28.6 Å². The zero-order chi connectivity index (χ0) is 35.9. The molecule has 0 bridgehead atoms. The molecule has 0 aromatic rings. The lowest BCUT2D eigenvalue weighted by atomic mass is 10.1. The molecule has 0 fully saturated rings. The molecule has 0 radical (unpaired) electrons. The number of aliphatic hydroxyl groups excluding tert-OH is 6. The molecule has 0 unspecified atom stereocenters. The number of carbonyl (C=O) groups excluding carboxylic acids is 3. The summed E-state index contributed by atoms with van der Waals surface area (Å²) in [6, 6.07) is 0. The molecule has 276 valence electrons. The Morgan fingerprint density at radius 3 is 0.958 bits per heavy atom. The van der Waals surface area contributed by atoms with E-state index >= 15 is 0 Å². The third-order valence-corrected chi connectivity index (χ3v) is 7.87. The van der Waals surface area contributed by atoms with E-state index in [0.29, 0.717) is 38.5 Å². The Labute approximate surface area is 285 Å². The van der Waals surface area contributed by atoms with Crippen LogP contribution in [0.3, 0.4) is 0 Å². The summed E-state index contributed by atoms with van der Waals surface area (Å²) in [7, 11) is 0. The highest BCUT2D eigenvalue weighted by Crippen LogP contribution is 2.15. The van der Waals surface area contributed by atoms with E-state index in [4.69, 9.17) is 14.2 Å². The average molecular weight is 685 g/mol. The van der Waals surface area contributed by atoms with E-state index in [1.54, 1.807) is 18.2 Å². The fourth-order valence-corrected chi connectivity index (χ4v) is 5.17. The Bertz CT molecular complexity index is 872. The molecule has 12 nitrogen and oxygen atoms in total. The van der Waals surface area contributed by atoms with Gasteiger partial charge in [0.1, 0.15) is 0 Å². The smallest absolute Gasteiger partial charge is 0.309 e. The van der Waals surface area contributed by atoms with Crippen LogP contribution in [-0.4, -0.2) is 103 Å². The zero-order valence-corrected chi connectivity index (χ0v) is 28.9. The SMILES string of the molecule is C[C@@H]1CCC[C@H](O)C/C=C/[C@@H](O)CC(=O)O1.C[C@@H]1CCC[C@H](O)C/C=C/[C@@H](O)CC(=O)O1.C[C@@H]1CCC[C@H](O)C/C=C/[C@@H](O)CC(=O)O1. The molecule has 48 heavy (non-hydrogen) atoms. The summed E-state index contributed by atoms with van der Waals surface area (Å²) >= 11 is 0. The van der Waals surface area contributed by atoms with Crippen molar-refractivity contribution in [3.63, 3.8) is 0 Å². The first kappa shape index (κ1) is 43.4. The van der Waals surface area contributed by atoms with E-state index < -0.39 is 18.3 Å². The van der Waals surface area contributed by atoms with Crippen LogP contribution in [0, 0.1) is 0 Å². The Hall–Kier alpha value is -2.61. The maximum absolute atomic E-state index is 11.3. The number of ether oxygens (including phenoxy) is 3. The van der Waals surface area contributed by atoms with Gasteiger partial charge >= 0.3 is 17.9 Å². The number of hydrogen-bond donors (Lipinski definition) is 6.